The third-order valence-corrected chi connectivity index (χ3v) is 4.21. The predicted octanol–water partition coefficient (Wildman–Crippen LogP) is 2.11. The van der Waals surface area contributed by atoms with Crippen LogP contribution in [0.25, 0.3) is 0 Å². The monoisotopic (exact) mass is 273 g/mol. The van der Waals surface area contributed by atoms with Crippen LogP contribution in [0.5, 0.6) is 5.75 Å². The number of carbonyl (C=O) groups excluding carboxylic acids is 1. The highest BCUT2D eigenvalue weighted by molar-refractivity contribution is 6.07. The lowest BCUT2D eigenvalue weighted by Crippen LogP contribution is -2.60. The zero-order valence-corrected chi connectivity index (χ0v) is 12.0. The van der Waals surface area contributed by atoms with Gasteiger partial charge in [-0.1, -0.05) is 25.1 Å². The van der Waals surface area contributed by atoms with Gasteiger partial charge in [0.15, 0.2) is 0 Å². The van der Waals surface area contributed by atoms with E-state index in [1.165, 1.54) is 0 Å². The molecule has 20 heavy (non-hydrogen) atoms. The zero-order valence-electron chi connectivity index (χ0n) is 12.0. The summed E-state index contributed by atoms with van der Waals surface area (Å²) in [6.07, 6.45) is 0. The Balaban J connectivity index is 2.28. The van der Waals surface area contributed by atoms with E-state index in [0.29, 0.717) is 12.4 Å². The number of urea groups is 1. The molecule has 2 unspecified atom stereocenters. The van der Waals surface area contributed by atoms with E-state index in [4.69, 9.17) is 10.5 Å². The van der Waals surface area contributed by atoms with Crippen LogP contribution in [0.15, 0.2) is 29.3 Å². The Hall–Kier alpha value is -2.04. The second-order valence-corrected chi connectivity index (χ2v) is 5.72. The Morgan fingerprint density at radius 1 is 1.45 bits per heavy atom. The molecule has 0 aliphatic carbocycles. The van der Waals surface area contributed by atoms with Crippen molar-refractivity contribution in [3.05, 3.63) is 29.8 Å². The van der Waals surface area contributed by atoms with Crippen LogP contribution in [0.1, 0.15) is 26.3 Å². The molecule has 0 radical (unpaired) electrons. The molecule has 0 fully saturated rings. The molecule has 0 saturated heterocycles. The van der Waals surface area contributed by atoms with Crippen LogP contribution in [0.4, 0.5) is 4.79 Å². The Morgan fingerprint density at radius 3 is 2.85 bits per heavy atom. The summed E-state index contributed by atoms with van der Waals surface area (Å²) in [6, 6.07) is 7.50. The summed E-state index contributed by atoms with van der Waals surface area (Å²) in [4.78, 5) is 18.1. The quantitative estimate of drug-likeness (QED) is 0.852. The number of fused-ring (bicyclic) bond motifs is 2. The van der Waals surface area contributed by atoms with Crippen molar-refractivity contribution in [1.82, 2.24) is 4.90 Å². The molecule has 5 heteroatoms. The molecule has 5 nitrogen and oxygen atoms in total. The van der Waals surface area contributed by atoms with Gasteiger partial charge in [0.2, 0.25) is 0 Å². The number of aliphatic imine (C=N–C) groups is 1. The molecule has 2 aliphatic rings. The zero-order chi connectivity index (χ0) is 14.5. The summed E-state index contributed by atoms with van der Waals surface area (Å²) >= 11 is 0. The summed E-state index contributed by atoms with van der Waals surface area (Å²) in [5.41, 5.74) is 6.45. The van der Waals surface area contributed by atoms with Crippen LogP contribution < -0.4 is 10.5 Å². The number of ether oxygens (including phenoxy) is 1. The molecule has 2 aliphatic heterocycles. The lowest BCUT2D eigenvalue weighted by Gasteiger charge is -2.47. The number of benzene rings is 1. The predicted molar refractivity (Wildman–Crippen MR) is 76.8 cm³/mol. The number of rotatable bonds is 1. The Labute approximate surface area is 118 Å². The van der Waals surface area contributed by atoms with E-state index in [1.54, 1.807) is 4.90 Å². The average Bonchev–Trinajstić information content (AvgIpc) is 2.67. The van der Waals surface area contributed by atoms with Crippen LogP contribution in [-0.2, 0) is 5.54 Å². The van der Waals surface area contributed by atoms with Gasteiger partial charge < -0.3 is 15.4 Å². The molecule has 0 saturated carbocycles. The second-order valence-electron chi connectivity index (χ2n) is 5.72. The molecule has 1 spiro atoms. The van der Waals surface area contributed by atoms with Crippen LogP contribution >= 0.6 is 0 Å². The van der Waals surface area contributed by atoms with E-state index >= 15 is 0 Å². The minimum atomic E-state index is -0.680. The molecule has 1 aromatic rings. The van der Waals surface area contributed by atoms with Crippen LogP contribution in [0, 0.1) is 5.92 Å². The molecule has 2 N–H and O–H groups in total. The van der Waals surface area contributed by atoms with Gasteiger partial charge in [-0.2, -0.15) is 4.99 Å². The van der Waals surface area contributed by atoms with Gasteiger partial charge in [0.1, 0.15) is 17.1 Å². The van der Waals surface area contributed by atoms with E-state index in [2.05, 4.69) is 4.99 Å². The van der Waals surface area contributed by atoms with Crippen molar-refractivity contribution in [2.75, 3.05) is 6.61 Å². The number of hydrogen-bond acceptors (Lipinski definition) is 3. The van der Waals surface area contributed by atoms with Crippen LogP contribution in [0.3, 0.4) is 0 Å². The SMILES string of the molecule is CC(C)N1C(=O)N=C(N)C12c1ccccc1OCC2C. The van der Waals surface area contributed by atoms with Gasteiger partial charge in [0, 0.05) is 17.5 Å². The second kappa shape index (κ2) is 4.23. The molecule has 2 atom stereocenters. The highest BCUT2D eigenvalue weighted by Crippen LogP contribution is 2.48. The molecule has 3 rings (SSSR count). The number of nitrogens with zero attached hydrogens (tertiary/aromatic N) is 2. The number of nitrogens with two attached hydrogens (primary N) is 1. The number of hydrogen-bond donors (Lipinski definition) is 1. The fraction of sp³-hybridized carbons (Fsp3) is 0.467. The largest absolute Gasteiger partial charge is 0.493 e. The fourth-order valence-electron chi connectivity index (χ4n) is 3.41. The maximum Gasteiger partial charge on any atom is 0.346 e. The third-order valence-electron chi connectivity index (χ3n) is 4.21. The van der Waals surface area contributed by atoms with Crippen molar-refractivity contribution in [2.24, 2.45) is 16.6 Å². The Morgan fingerprint density at radius 2 is 2.15 bits per heavy atom. The van der Waals surface area contributed by atoms with Crippen molar-refractivity contribution in [3.8, 4) is 5.75 Å². The lowest BCUT2D eigenvalue weighted by molar-refractivity contribution is 0.0632. The van der Waals surface area contributed by atoms with Gasteiger partial charge in [0.05, 0.1) is 6.61 Å². The Kier molecular flexibility index (Phi) is 2.74. The molecular weight excluding hydrogens is 254 g/mol. The first-order valence-electron chi connectivity index (χ1n) is 6.89. The first-order valence-corrected chi connectivity index (χ1v) is 6.89. The first-order chi connectivity index (χ1) is 9.49. The third kappa shape index (κ3) is 1.43. The van der Waals surface area contributed by atoms with E-state index in [9.17, 15) is 4.79 Å². The first kappa shape index (κ1) is 13.0. The summed E-state index contributed by atoms with van der Waals surface area (Å²) in [7, 11) is 0. The van der Waals surface area contributed by atoms with Crippen molar-refractivity contribution >= 4 is 11.9 Å². The van der Waals surface area contributed by atoms with Crippen LogP contribution in [0.2, 0.25) is 0 Å². The molecule has 0 aromatic heterocycles. The van der Waals surface area contributed by atoms with E-state index in [0.717, 1.165) is 11.3 Å². The van der Waals surface area contributed by atoms with Gasteiger partial charge in [-0.3, -0.25) is 0 Å². The van der Waals surface area contributed by atoms with Crippen LogP contribution in [-0.4, -0.2) is 29.4 Å². The number of amides is 2. The highest BCUT2D eigenvalue weighted by atomic mass is 16.5. The molecule has 2 heterocycles. The summed E-state index contributed by atoms with van der Waals surface area (Å²) in [5, 5.41) is 0. The van der Waals surface area contributed by atoms with E-state index < -0.39 is 5.54 Å². The van der Waals surface area contributed by atoms with Gasteiger partial charge in [0.25, 0.3) is 0 Å². The van der Waals surface area contributed by atoms with Gasteiger partial charge >= 0.3 is 6.03 Å². The van der Waals surface area contributed by atoms with Gasteiger partial charge in [-0.25, -0.2) is 4.79 Å². The maximum atomic E-state index is 12.3. The molecule has 1 aromatic carbocycles. The standard InChI is InChI=1S/C15H19N3O2/c1-9(2)18-14(19)17-13(16)15(18)10(3)8-20-12-7-5-4-6-11(12)15/h4-7,9-10H,8H2,1-3H3,(H2,16,17,19). The topological polar surface area (TPSA) is 67.9 Å². The number of para-hydroxylation sites is 1. The minimum absolute atomic E-state index is 0.0147. The molecular formula is C15H19N3O2. The summed E-state index contributed by atoms with van der Waals surface area (Å²) < 4.78 is 5.79. The summed E-state index contributed by atoms with van der Waals surface area (Å²) in [6.45, 7) is 6.53. The number of amidine groups is 1. The van der Waals surface area contributed by atoms with Gasteiger partial charge in [-0.15, -0.1) is 0 Å². The Bertz CT molecular complexity index is 597. The van der Waals surface area contributed by atoms with Crippen molar-refractivity contribution < 1.29 is 9.53 Å². The molecule has 106 valence electrons. The van der Waals surface area contributed by atoms with E-state index in [-0.39, 0.29) is 18.0 Å². The highest BCUT2D eigenvalue weighted by Gasteiger charge is 2.57. The average molecular weight is 273 g/mol. The van der Waals surface area contributed by atoms with E-state index in [1.807, 2.05) is 45.0 Å². The lowest BCUT2D eigenvalue weighted by atomic mass is 9.75. The molecule has 0 bridgehead atoms. The minimum Gasteiger partial charge on any atom is -0.493 e. The smallest absolute Gasteiger partial charge is 0.346 e. The summed E-state index contributed by atoms with van der Waals surface area (Å²) in [5.74, 6) is 1.21. The molecule has 2 amide bonds. The number of carbonyl (C=O) groups is 1. The maximum absolute atomic E-state index is 12.3. The van der Waals surface area contributed by atoms with Crippen molar-refractivity contribution in [2.45, 2.75) is 32.4 Å². The van der Waals surface area contributed by atoms with Gasteiger partial charge in [-0.05, 0) is 19.9 Å². The van der Waals surface area contributed by atoms with Crippen molar-refractivity contribution in [1.29, 1.82) is 0 Å². The fourth-order valence-corrected chi connectivity index (χ4v) is 3.41. The normalized spacial score (nSPS) is 28.6. The van der Waals surface area contributed by atoms with Crippen molar-refractivity contribution in [3.63, 3.8) is 0 Å².